The van der Waals surface area contributed by atoms with E-state index in [0.29, 0.717) is 5.15 Å². The summed E-state index contributed by atoms with van der Waals surface area (Å²) in [6.07, 6.45) is 0. The molecule has 1 unspecified atom stereocenters. The van der Waals surface area contributed by atoms with Gasteiger partial charge in [0.15, 0.2) is 5.13 Å². The Morgan fingerprint density at radius 1 is 1.03 bits per heavy atom. The second-order valence-corrected chi connectivity index (χ2v) is 8.59. The summed E-state index contributed by atoms with van der Waals surface area (Å²) >= 11 is 8.24. The number of aromatic nitrogens is 3. The van der Waals surface area contributed by atoms with Crippen molar-refractivity contribution in [3.8, 4) is 5.75 Å². The van der Waals surface area contributed by atoms with Crippen molar-refractivity contribution in [1.82, 2.24) is 14.8 Å². The van der Waals surface area contributed by atoms with Crippen LogP contribution in [0.3, 0.4) is 0 Å². The van der Waals surface area contributed by atoms with Crippen LogP contribution in [0.1, 0.15) is 22.9 Å². The molecule has 5 nitrogen and oxygen atoms in total. The number of phenols is 1. The summed E-state index contributed by atoms with van der Waals surface area (Å²) < 4.78 is 2.75. The quantitative estimate of drug-likeness (QED) is 0.361. The Balaban J connectivity index is 1.74. The maximum atomic E-state index is 10.9. The first-order valence-corrected chi connectivity index (χ1v) is 10.7. The van der Waals surface area contributed by atoms with Gasteiger partial charge < -0.3 is 10.4 Å². The van der Waals surface area contributed by atoms with Gasteiger partial charge >= 0.3 is 0 Å². The highest BCUT2D eigenvalue weighted by Gasteiger charge is 2.28. The van der Waals surface area contributed by atoms with Crippen LogP contribution in [0, 0.1) is 6.92 Å². The molecule has 0 amide bonds. The molecule has 0 aliphatic heterocycles. The van der Waals surface area contributed by atoms with Gasteiger partial charge in [0, 0.05) is 18.2 Å². The molecule has 5 rings (SSSR count). The second-order valence-electron chi connectivity index (χ2n) is 7.20. The number of phenolic OH excluding ortho intramolecular Hbond substituents is 1. The van der Waals surface area contributed by atoms with E-state index >= 15 is 0 Å². The predicted octanol–water partition coefficient (Wildman–Crippen LogP) is 6.05. The Morgan fingerprint density at radius 2 is 1.80 bits per heavy atom. The number of hydrogen-bond acceptors (Lipinski definition) is 5. The largest absolute Gasteiger partial charge is 0.508 e. The zero-order valence-corrected chi connectivity index (χ0v) is 18.0. The number of thiazole rings is 1. The van der Waals surface area contributed by atoms with Gasteiger partial charge in [0.05, 0.1) is 22.0 Å². The molecule has 1 atom stereocenters. The number of benzene rings is 3. The van der Waals surface area contributed by atoms with Crippen molar-refractivity contribution in [1.29, 1.82) is 0 Å². The van der Waals surface area contributed by atoms with Crippen LogP contribution in [-0.2, 0) is 7.05 Å². The number of anilines is 1. The number of aromatic hydroxyl groups is 1. The second kappa shape index (κ2) is 7.31. The standard InChI is InChI=1S/C23H19ClN4OS/c1-13-19(22(24)28(2)27-13)21(26-23-25-16-9-5-6-10-18(16)30-23)20-15-8-4-3-7-14(15)11-12-17(20)29/h3-12,21,29H,1-2H3,(H,25,26). The van der Waals surface area contributed by atoms with E-state index in [9.17, 15) is 5.11 Å². The molecule has 0 saturated heterocycles. The SMILES string of the molecule is Cc1nn(C)c(Cl)c1C(Nc1nc2ccccc2s1)c1c(O)ccc2ccccc12. The van der Waals surface area contributed by atoms with Crippen LogP contribution in [0.5, 0.6) is 5.75 Å². The molecular weight excluding hydrogens is 416 g/mol. The van der Waals surface area contributed by atoms with Crippen molar-refractivity contribution < 1.29 is 5.11 Å². The van der Waals surface area contributed by atoms with Crippen molar-refractivity contribution in [3.05, 3.63) is 82.6 Å². The van der Waals surface area contributed by atoms with Crippen LogP contribution in [0.4, 0.5) is 5.13 Å². The van der Waals surface area contributed by atoms with Crippen LogP contribution in [0.2, 0.25) is 5.15 Å². The number of halogens is 1. The van der Waals surface area contributed by atoms with Gasteiger partial charge in [-0.1, -0.05) is 65.4 Å². The van der Waals surface area contributed by atoms with E-state index in [1.54, 1.807) is 22.1 Å². The summed E-state index contributed by atoms with van der Waals surface area (Å²) in [5.41, 5.74) is 3.31. The highest BCUT2D eigenvalue weighted by atomic mass is 35.5. The summed E-state index contributed by atoms with van der Waals surface area (Å²) in [5, 5.41) is 22.2. The number of hydrogen-bond donors (Lipinski definition) is 2. The summed E-state index contributed by atoms with van der Waals surface area (Å²) in [6, 6.07) is 19.2. The van der Waals surface area contributed by atoms with Crippen molar-refractivity contribution in [2.45, 2.75) is 13.0 Å². The molecule has 3 aromatic carbocycles. The first-order valence-electron chi connectivity index (χ1n) is 9.54. The molecule has 0 aliphatic carbocycles. The molecule has 0 radical (unpaired) electrons. The summed E-state index contributed by atoms with van der Waals surface area (Å²) in [7, 11) is 1.82. The lowest BCUT2D eigenvalue weighted by atomic mass is 9.93. The summed E-state index contributed by atoms with van der Waals surface area (Å²) in [4.78, 5) is 4.73. The number of nitrogens with zero attached hydrogens (tertiary/aromatic N) is 3. The van der Waals surface area contributed by atoms with Gasteiger partial charge in [0.1, 0.15) is 10.9 Å². The van der Waals surface area contributed by atoms with E-state index in [-0.39, 0.29) is 5.75 Å². The average Bonchev–Trinajstić information content (AvgIpc) is 3.26. The molecule has 0 spiro atoms. The fraction of sp³-hybridized carbons (Fsp3) is 0.130. The molecule has 7 heteroatoms. The van der Waals surface area contributed by atoms with Gasteiger partial charge in [-0.05, 0) is 35.9 Å². The Bertz CT molecular complexity index is 1360. The molecule has 30 heavy (non-hydrogen) atoms. The lowest BCUT2D eigenvalue weighted by Gasteiger charge is -2.22. The molecule has 0 saturated carbocycles. The topological polar surface area (TPSA) is 63.0 Å². The van der Waals surface area contributed by atoms with Crippen LogP contribution in [0.15, 0.2) is 60.7 Å². The lowest BCUT2D eigenvalue weighted by Crippen LogP contribution is -2.14. The van der Waals surface area contributed by atoms with Gasteiger partial charge in [-0.2, -0.15) is 5.10 Å². The fourth-order valence-electron chi connectivity index (χ4n) is 3.91. The maximum absolute atomic E-state index is 10.9. The summed E-state index contributed by atoms with van der Waals surface area (Å²) in [5.74, 6) is 0.201. The lowest BCUT2D eigenvalue weighted by molar-refractivity contribution is 0.468. The molecular formula is C23H19ClN4OS. The Labute approximate surface area is 182 Å². The van der Waals surface area contributed by atoms with Crippen LogP contribution in [-0.4, -0.2) is 19.9 Å². The Hall–Kier alpha value is -3.09. The average molecular weight is 435 g/mol. The zero-order valence-electron chi connectivity index (χ0n) is 16.4. The van der Waals surface area contributed by atoms with Gasteiger partial charge in [-0.25, -0.2) is 4.98 Å². The molecule has 0 bridgehead atoms. The molecule has 0 aliphatic rings. The molecule has 2 aromatic heterocycles. The zero-order chi connectivity index (χ0) is 20.8. The third-order valence-electron chi connectivity index (χ3n) is 5.28. The molecule has 150 valence electrons. The van der Waals surface area contributed by atoms with Crippen molar-refractivity contribution in [3.63, 3.8) is 0 Å². The van der Waals surface area contributed by atoms with Gasteiger partial charge in [0.25, 0.3) is 0 Å². The maximum Gasteiger partial charge on any atom is 0.184 e. The summed E-state index contributed by atoms with van der Waals surface area (Å²) in [6.45, 7) is 1.93. The van der Waals surface area contributed by atoms with Gasteiger partial charge in [0.2, 0.25) is 0 Å². The van der Waals surface area contributed by atoms with E-state index in [1.165, 1.54) is 0 Å². The number of fused-ring (bicyclic) bond motifs is 2. The molecule has 2 heterocycles. The monoisotopic (exact) mass is 434 g/mol. The van der Waals surface area contributed by atoms with E-state index in [1.807, 2.05) is 68.6 Å². The minimum atomic E-state index is -0.419. The fourth-order valence-corrected chi connectivity index (χ4v) is 5.09. The smallest absolute Gasteiger partial charge is 0.184 e. The van der Waals surface area contributed by atoms with Crippen LogP contribution >= 0.6 is 22.9 Å². The highest BCUT2D eigenvalue weighted by molar-refractivity contribution is 7.22. The molecule has 2 N–H and O–H groups in total. The van der Waals surface area contributed by atoms with Crippen molar-refractivity contribution in [2.75, 3.05) is 5.32 Å². The number of nitrogens with one attached hydrogen (secondary N) is 1. The molecule has 5 aromatic rings. The first-order chi connectivity index (χ1) is 14.5. The third-order valence-corrected chi connectivity index (χ3v) is 6.70. The first kappa shape index (κ1) is 18.9. The van der Waals surface area contributed by atoms with E-state index < -0.39 is 6.04 Å². The van der Waals surface area contributed by atoms with Crippen LogP contribution in [0.25, 0.3) is 21.0 Å². The van der Waals surface area contributed by atoms with Crippen LogP contribution < -0.4 is 5.32 Å². The number of para-hydroxylation sites is 1. The third kappa shape index (κ3) is 3.09. The van der Waals surface area contributed by atoms with Crippen molar-refractivity contribution >= 4 is 49.1 Å². The van der Waals surface area contributed by atoms with Crippen molar-refractivity contribution in [2.24, 2.45) is 7.05 Å². The number of aryl methyl sites for hydroxylation is 2. The number of rotatable bonds is 4. The minimum absolute atomic E-state index is 0.201. The highest BCUT2D eigenvalue weighted by Crippen LogP contribution is 2.42. The minimum Gasteiger partial charge on any atom is -0.508 e. The molecule has 0 fully saturated rings. The predicted molar refractivity (Wildman–Crippen MR) is 124 cm³/mol. The van der Waals surface area contributed by atoms with Gasteiger partial charge in [-0.3, -0.25) is 4.68 Å². The van der Waals surface area contributed by atoms with E-state index in [2.05, 4.69) is 10.4 Å². The van der Waals surface area contributed by atoms with E-state index in [4.69, 9.17) is 16.6 Å². The van der Waals surface area contributed by atoms with Gasteiger partial charge in [-0.15, -0.1) is 0 Å². The van der Waals surface area contributed by atoms with E-state index in [0.717, 1.165) is 42.9 Å². The normalized spacial score (nSPS) is 12.5. The Morgan fingerprint density at radius 3 is 2.57 bits per heavy atom. The Kier molecular flexibility index (Phi) is 4.60.